The molecule has 0 aliphatic rings. The molecule has 2 aromatic heterocycles. The molecule has 0 spiro atoms. The third-order valence-corrected chi connectivity index (χ3v) is 4.82. The molecule has 4 aromatic rings. The van der Waals surface area contributed by atoms with E-state index in [-0.39, 0.29) is 11.6 Å². The van der Waals surface area contributed by atoms with Crippen LogP contribution in [0.15, 0.2) is 54.6 Å². The van der Waals surface area contributed by atoms with Crippen molar-refractivity contribution in [3.63, 3.8) is 0 Å². The molecule has 0 unspecified atom stereocenters. The lowest BCUT2D eigenvalue weighted by molar-refractivity contribution is -0.111. The molecule has 0 radical (unpaired) electrons. The van der Waals surface area contributed by atoms with Gasteiger partial charge in [0.05, 0.1) is 11.4 Å². The number of carbonyl (C=O) groups is 1. The molecule has 31 heavy (non-hydrogen) atoms. The summed E-state index contributed by atoms with van der Waals surface area (Å²) in [7, 11) is 0. The van der Waals surface area contributed by atoms with Crippen molar-refractivity contribution in [2.45, 2.75) is 20.8 Å². The topological polar surface area (TPSA) is 90.5 Å². The fraction of sp³-hybridized carbons (Fsp3) is 0.136. The lowest BCUT2D eigenvalue weighted by Crippen LogP contribution is -2.09. The van der Waals surface area contributed by atoms with E-state index >= 15 is 0 Å². The summed E-state index contributed by atoms with van der Waals surface area (Å²) in [6, 6.07) is 14.0. The quantitative estimate of drug-likeness (QED) is 0.502. The number of hydrogen-bond acceptors (Lipinski definition) is 5. The second-order valence-electron chi connectivity index (χ2n) is 6.96. The molecule has 4 rings (SSSR count). The van der Waals surface area contributed by atoms with E-state index in [1.54, 1.807) is 13.0 Å². The molecule has 1 amide bonds. The fourth-order valence-corrected chi connectivity index (χ4v) is 3.27. The highest BCUT2D eigenvalue weighted by Gasteiger charge is 2.13. The van der Waals surface area contributed by atoms with Crippen LogP contribution in [0.5, 0.6) is 0 Å². The molecule has 1 N–H and O–H groups in total. The lowest BCUT2D eigenvalue weighted by Gasteiger charge is -2.07. The Bertz CT molecular complexity index is 1270. The van der Waals surface area contributed by atoms with Crippen molar-refractivity contribution in [3.8, 4) is 11.4 Å². The third-order valence-electron chi connectivity index (χ3n) is 4.82. The van der Waals surface area contributed by atoms with Gasteiger partial charge in [-0.3, -0.25) is 4.79 Å². The van der Waals surface area contributed by atoms with Gasteiger partial charge in [-0.15, -0.1) is 5.10 Å². The van der Waals surface area contributed by atoms with E-state index in [0.717, 1.165) is 22.6 Å². The summed E-state index contributed by atoms with van der Waals surface area (Å²) in [6.45, 7) is 5.50. The Balaban J connectivity index is 1.54. The van der Waals surface area contributed by atoms with Gasteiger partial charge in [0.2, 0.25) is 5.91 Å². The summed E-state index contributed by atoms with van der Waals surface area (Å²) in [5, 5.41) is 18.4. The van der Waals surface area contributed by atoms with E-state index in [2.05, 4.69) is 25.9 Å². The Morgan fingerprint density at radius 3 is 2.55 bits per heavy atom. The number of nitrogens with zero attached hydrogens (tertiary/aromatic N) is 6. The number of halogens is 1. The van der Waals surface area contributed by atoms with Gasteiger partial charge in [0.15, 0.2) is 5.82 Å². The molecule has 2 heterocycles. The number of hydrogen-bond donors (Lipinski definition) is 1. The van der Waals surface area contributed by atoms with Crippen LogP contribution in [-0.2, 0) is 4.79 Å². The molecule has 2 aromatic carbocycles. The van der Waals surface area contributed by atoms with Crippen LogP contribution >= 0.6 is 0 Å². The van der Waals surface area contributed by atoms with Gasteiger partial charge < -0.3 is 5.32 Å². The van der Waals surface area contributed by atoms with Gasteiger partial charge in [0.1, 0.15) is 11.5 Å². The zero-order valence-corrected chi connectivity index (χ0v) is 17.2. The zero-order valence-electron chi connectivity index (χ0n) is 17.2. The maximum absolute atomic E-state index is 14.2. The minimum atomic E-state index is -0.497. The molecule has 0 saturated heterocycles. The van der Waals surface area contributed by atoms with Gasteiger partial charge in [-0.1, -0.05) is 18.2 Å². The Morgan fingerprint density at radius 2 is 1.84 bits per heavy atom. The molecule has 0 atom stereocenters. The summed E-state index contributed by atoms with van der Waals surface area (Å²) < 4.78 is 17.3. The number of nitrogens with one attached hydrogen (secondary N) is 1. The summed E-state index contributed by atoms with van der Waals surface area (Å²) in [6.07, 6.45) is 3.15. The van der Waals surface area contributed by atoms with E-state index in [4.69, 9.17) is 0 Å². The van der Waals surface area contributed by atoms with Gasteiger partial charge in [-0.2, -0.15) is 9.78 Å². The maximum atomic E-state index is 14.2. The number of aryl methyl sites for hydroxylation is 2. The summed E-state index contributed by atoms with van der Waals surface area (Å²) >= 11 is 0. The maximum Gasteiger partial charge on any atom is 0.248 e. The normalized spacial score (nSPS) is 11.2. The number of anilines is 1. The number of rotatable bonds is 5. The second-order valence-corrected chi connectivity index (χ2v) is 6.96. The second kappa shape index (κ2) is 8.31. The Labute approximate surface area is 178 Å². The molecule has 0 bridgehead atoms. The van der Waals surface area contributed by atoms with Crippen LogP contribution in [0.4, 0.5) is 10.1 Å². The molecule has 0 saturated carbocycles. The van der Waals surface area contributed by atoms with Crippen molar-refractivity contribution >= 4 is 17.7 Å². The van der Waals surface area contributed by atoms with Crippen molar-refractivity contribution in [3.05, 3.63) is 83.2 Å². The standard InChI is InChI=1S/C22H20FN7O/c1-14-19(15(2)29(26-14)18-7-5-4-6-8-18)10-12-22(31)24-17-9-11-20(23)21(13-17)30-16(3)25-27-28-30/h4-13H,1-3H3,(H,24,31)/b12-10+. The van der Waals surface area contributed by atoms with E-state index in [1.165, 1.54) is 29.0 Å². The first-order chi connectivity index (χ1) is 14.9. The molecule has 0 fully saturated rings. The van der Waals surface area contributed by atoms with Crippen molar-refractivity contribution in [1.29, 1.82) is 0 Å². The lowest BCUT2D eigenvalue weighted by atomic mass is 10.2. The van der Waals surface area contributed by atoms with E-state index in [9.17, 15) is 9.18 Å². The minimum absolute atomic E-state index is 0.153. The SMILES string of the molecule is Cc1nn(-c2ccccc2)c(C)c1/C=C/C(=O)Nc1ccc(F)c(-n2nnnc2C)c1. The molecule has 156 valence electrons. The molecule has 8 nitrogen and oxygen atoms in total. The molecule has 9 heteroatoms. The Hall–Kier alpha value is -4.14. The van der Waals surface area contributed by atoms with Crippen LogP contribution in [-0.4, -0.2) is 35.9 Å². The average Bonchev–Trinajstić information content (AvgIpc) is 3.31. The van der Waals surface area contributed by atoms with Crippen LogP contribution < -0.4 is 5.32 Å². The van der Waals surface area contributed by atoms with Gasteiger partial charge in [0, 0.05) is 23.0 Å². The van der Waals surface area contributed by atoms with Crippen molar-refractivity contribution in [2.24, 2.45) is 0 Å². The van der Waals surface area contributed by atoms with Crippen molar-refractivity contribution in [1.82, 2.24) is 30.0 Å². The summed E-state index contributed by atoms with van der Waals surface area (Å²) in [4.78, 5) is 12.5. The average molecular weight is 417 g/mol. The molecule has 0 aliphatic carbocycles. The number of aromatic nitrogens is 6. The summed E-state index contributed by atoms with van der Waals surface area (Å²) in [5.74, 6) is -0.413. The monoisotopic (exact) mass is 417 g/mol. The van der Waals surface area contributed by atoms with E-state index in [0.29, 0.717) is 11.5 Å². The van der Waals surface area contributed by atoms with Crippen LogP contribution in [0.2, 0.25) is 0 Å². The summed E-state index contributed by atoms with van der Waals surface area (Å²) in [5.41, 5.74) is 4.12. The van der Waals surface area contributed by atoms with Crippen molar-refractivity contribution in [2.75, 3.05) is 5.32 Å². The predicted octanol–water partition coefficient (Wildman–Crippen LogP) is 3.56. The van der Waals surface area contributed by atoms with Crippen LogP contribution in [0, 0.1) is 26.6 Å². The first-order valence-electron chi connectivity index (χ1n) is 9.59. The van der Waals surface area contributed by atoms with Gasteiger partial charge >= 0.3 is 0 Å². The fourth-order valence-electron chi connectivity index (χ4n) is 3.27. The van der Waals surface area contributed by atoms with Crippen LogP contribution in [0.3, 0.4) is 0 Å². The third kappa shape index (κ3) is 4.11. The number of amides is 1. The van der Waals surface area contributed by atoms with Gasteiger partial charge in [-0.05, 0) is 67.6 Å². The highest BCUT2D eigenvalue weighted by Crippen LogP contribution is 2.21. The molecular formula is C22H20FN7O. The largest absolute Gasteiger partial charge is 0.322 e. The molecular weight excluding hydrogens is 397 g/mol. The first kappa shape index (κ1) is 20.1. The van der Waals surface area contributed by atoms with E-state index < -0.39 is 5.82 Å². The number of para-hydroxylation sites is 1. The highest BCUT2D eigenvalue weighted by molar-refractivity contribution is 6.02. The van der Waals surface area contributed by atoms with Crippen LogP contribution in [0.25, 0.3) is 17.5 Å². The van der Waals surface area contributed by atoms with E-state index in [1.807, 2.05) is 48.9 Å². The number of benzene rings is 2. The van der Waals surface area contributed by atoms with Gasteiger partial charge in [0.25, 0.3) is 0 Å². The highest BCUT2D eigenvalue weighted by atomic mass is 19.1. The zero-order chi connectivity index (χ0) is 22.0. The Kier molecular flexibility index (Phi) is 5.40. The number of tetrazole rings is 1. The van der Waals surface area contributed by atoms with Crippen LogP contribution in [0.1, 0.15) is 22.8 Å². The Morgan fingerprint density at radius 1 is 1.06 bits per heavy atom. The number of carbonyl (C=O) groups excluding carboxylic acids is 1. The van der Waals surface area contributed by atoms with Gasteiger partial charge in [-0.25, -0.2) is 9.07 Å². The smallest absolute Gasteiger partial charge is 0.248 e. The molecule has 0 aliphatic heterocycles. The predicted molar refractivity (Wildman–Crippen MR) is 115 cm³/mol. The van der Waals surface area contributed by atoms with Crippen molar-refractivity contribution < 1.29 is 9.18 Å². The minimum Gasteiger partial charge on any atom is -0.322 e. The first-order valence-corrected chi connectivity index (χ1v) is 9.59.